The number of nitrogens with zero attached hydrogens (tertiary/aromatic N) is 2. The Morgan fingerprint density at radius 1 is 1.02 bits per heavy atom. The summed E-state index contributed by atoms with van der Waals surface area (Å²) in [6.07, 6.45) is 8.98. The molecule has 3 N–H and O–H groups in total. The summed E-state index contributed by atoms with van der Waals surface area (Å²) in [5.41, 5.74) is 4.05. The lowest BCUT2D eigenvalue weighted by Gasteiger charge is -2.28. The first-order valence-electron chi connectivity index (χ1n) is 16.2. The highest BCUT2D eigenvalue weighted by atomic mass is 16.5. The number of imide groups is 2. The van der Waals surface area contributed by atoms with Crippen molar-refractivity contribution in [2.45, 2.75) is 64.5 Å². The first-order chi connectivity index (χ1) is 22.5. The summed E-state index contributed by atoms with van der Waals surface area (Å²) in [5, 5.41) is 8.78. The third-order valence-electron chi connectivity index (χ3n) is 9.65. The fraction of sp³-hybridized carbons (Fsp3) is 0.378. The minimum absolute atomic E-state index is 0.0883. The maximum absolute atomic E-state index is 13.4. The van der Waals surface area contributed by atoms with E-state index < -0.39 is 35.3 Å². The molecule has 2 aromatic carbocycles. The molecule has 3 unspecified atom stereocenters. The topological polar surface area (TPSA) is 130 Å². The fourth-order valence-electron chi connectivity index (χ4n) is 6.45. The highest BCUT2D eigenvalue weighted by Crippen LogP contribution is 2.56. The van der Waals surface area contributed by atoms with Gasteiger partial charge in [-0.25, -0.2) is 4.98 Å². The van der Waals surface area contributed by atoms with Gasteiger partial charge in [-0.2, -0.15) is 0 Å². The number of hydrogen-bond acceptors (Lipinski definition) is 8. The third kappa shape index (κ3) is 6.91. The van der Waals surface area contributed by atoms with Crippen LogP contribution in [0.15, 0.2) is 60.8 Å². The summed E-state index contributed by atoms with van der Waals surface area (Å²) in [6.45, 7) is 7.10. The Balaban J connectivity index is 1.00. The zero-order chi connectivity index (χ0) is 33.3. The summed E-state index contributed by atoms with van der Waals surface area (Å²) >= 11 is 0. The molecule has 10 nitrogen and oxygen atoms in total. The lowest BCUT2D eigenvalue weighted by Crippen LogP contribution is -2.54. The SMILES string of the molecule is CNc1ccc(/C=C/c2ccc(OC(C)(C)CCC3(C)CC3CNc3cccc4c3C(=O)N(C3CCC(=O)NC3=O)C4=O)nc2)cc1. The summed E-state index contributed by atoms with van der Waals surface area (Å²) in [4.78, 5) is 56.1. The van der Waals surface area contributed by atoms with Crippen molar-refractivity contribution in [3.05, 3.63) is 83.0 Å². The Morgan fingerprint density at radius 2 is 1.77 bits per heavy atom. The van der Waals surface area contributed by atoms with Crippen LogP contribution in [0.5, 0.6) is 5.88 Å². The first-order valence-corrected chi connectivity index (χ1v) is 16.2. The Kier molecular flexibility index (Phi) is 8.61. The highest BCUT2D eigenvalue weighted by molar-refractivity contribution is 6.25. The van der Waals surface area contributed by atoms with E-state index in [1.54, 1.807) is 18.2 Å². The van der Waals surface area contributed by atoms with Crippen molar-refractivity contribution in [3.63, 3.8) is 0 Å². The zero-order valence-corrected chi connectivity index (χ0v) is 27.3. The second kappa shape index (κ2) is 12.7. The molecular weight excluding hydrogens is 594 g/mol. The average Bonchev–Trinajstić information content (AvgIpc) is 3.65. The molecule has 10 heteroatoms. The highest BCUT2D eigenvalue weighted by Gasteiger charge is 2.50. The molecule has 244 valence electrons. The van der Waals surface area contributed by atoms with Crippen molar-refractivity contribution >= 4 is 47.2 Å². The van der Waals surface area contributed by atoms with Crippen molar-refractivity contribution < 1.29 is 23.9 Å². The number of fused-ring (bicyclic) bond motifs is 1. The van der Waals surface area contributed by atoms with E-state index in [4.69, 9.17) is 4.74 Å². The monoisotopic (exact) mass is 635 g/mol. The van der Waals surface area contributed by atoms with Crippen LogP contribution in [-0.2, 0) is 9.59 Å². The Hall–Kier alpha value is -4.99. The molecule has 0 radical (unpaired) electrons. The molecule has 2 fully saturated rings. The predicted octanol–water partition coefficient (Wildman–Crippen LogP) is 5.77. The summed E-state index contributed by atoms with van der Waals surface area (Å²) in [5.74, 6) is -1.03. The fourth-order valence-corrected chi connectivity index (χ4v) is 6.45. The average molecular weight is 636 g/mol. The molecule has 1 saturated heterocycles. The van der Waals surface area contributed by atoms with Gasteiger partial charge in [0.15, 0.2) is 0 Å². The number of nitrogens with one attached hydrogen (secondary N) is 3. The number of hydrogen-bond donors (Lipinski definition) is 3. The van der Waals surface area contributed by atoms with Crippen LogP contribution in [0.3, 0.4) is 0 Å². The second-order valence-electron chi connectivity index (χ2n) is 13.6. The van der Waals surface area contributed by atoms with Crippen LogP contribution in [0.2, 0.25) is 0 Å². The maximum Gasteiger partial charge on any atom is 0.264 e. The summed E-state index contributed by atoms with van der Waals surface area (Å²) in [6, 6.07) is 16.3. The lowest BCUT2D eigenvalue weighted by molar-refractivity contribution is -0.136. The number of rotatable bonds is 12. The van der Waals surface area contributed by atoms with E-state index in [9.17, 15) is 19.2 Å². The number of anilines is 2. The molecule has 2 aliphatic heterocycles. The van der Waals surface area contributed by atoms with Gasteiger partial charge in [-0.1, -0.05) is 37.3 Å². The lowest BCUT2D eigenvalue weighted by atomic mass is 9.92. The first kappa shape index (κ1) is 32.0. The van der Waals surface area contributed by atoms with Gasteiger partial charge in [0.1, 0.15) is 11.6 Å². The molecule has 0 bridgehead atoms. The van der Waals surface area contributed by atoms with Crippen molar-refractivity contribution in [1.29, 1.82) is 0 Å². The van der Waals surface area contributed by atoms with Gasteiger partial charge in [-0.05, 0) is 92.3 Å². The van der Waals surface area contributed by atoms with E-state index in [0.717, 1.165) is 41.0 Å². The van der Waals surface area contributed by atoms with Gasteiger partial charge in [0, 0.05) is 43.7 Å². The van der Waals surface area contributed by atoms with Crippen LogP contribution in [-0.4, -0.2) is 58.7 Å². The summed E-state index contributed by atoms with van der Waals surface area (Å²) < 4.78 is 6.30. The van der Waals surface area contributed by atoms with Crippen molar-refractivity contribution in [3.8, 4) is 5.88 Å². The number of amides is 4. The Labute approximate surface area is 275 Å². The number of ether oxygens (including phenoxy) is 1. The molecule has 3 atom stereocenters. The number of pyridine rings is 1. The van der Waals surface area contributed by atoms with Gasteiger partial charge in [0.25, 0.3) is 11.8 Å². The van der Waals surface area contributed by atoms with Gasteiger partial charge >= 0.3 is 0 Å². The third-order valence-corrected chi connectivity index (χ3v) is 9.65. The summed E-state index contributed by atoms with van der Waals surface area (Å²) in [7, 11) is 1.90. The van der Waals surface area contributed by atoms with Crippen LogP contribution in [0.1, 0.15) is 84.7 Å². The molecule has 3 aromatic rings. The molecule has 0 spiro atoms. The Bertz CT molecular complexity index is 1730. The quantitative estimate of drug-likeness (QED) is 0.214. The van der Waals surface area contributed by atoms with Crippen molar-refractivity contribution in [2.24, 2.45) is 11.3 Å². The Morgan fingerprint density at radius 3 is 2.47 bits per heavy atom. The largest absolute Gasteiger partial charge is 0.472 e. The van der Waals surface area contributed by atoms with Crippen LogP contribution in [0, 0.1) is 11.3 Å². The van der Waals surface area contributed by atoms with E-state index in [1.165, 1.54) is 0 Å². The van der Waals surface area contributed by atoms with Gasteiger partial charge < -0.3 is 15.4 Å². The van der Waals surface area contributed by atoms with E-state index in [2.05, 4.69) is 59.9 Å². The number of piperidine rings is 1. The van der Waals surface area contributed by atoms with Gasteiger partial charge in [0.2, 0.25) is 17.7 Å². The second-order valence-corrected chi connectivity index (χ2v) is 13.6. The predicted molar refractivity (Wildman–Crippen MR) is 181 cm³/mol. The number of carbonyl (C=O) groups is 4. The van der Waals surface area contributed by atoms with Gasteiger partial charge in [-0.15, -0.1) is 0 Å². The van der Waals surface area contributed by atoms with Gasteiger partial charge in [0.05, 0.1) is 11.1 Å². The zero-order valence-electron chi connectivity index (χ0n) is 27.3. The molecule has 1 aromatic heterocycles. The van der Waals surface area contributed by atoms with E-state index in [1.807, 2.05) is 43.6 Å². The smallest absolute Gasteiger partial charge is 0.264 e. The van der Waals surface area contributed by atoms with Crippen LogP contribution >= 0.6 is 0 Å². The van der Waals surface area contributed by atoms with E-state index in [-0.39, 0.29) is 29.4 Å². The molecule has 4 amide bonds. The maximum atomic E-state index is 13.4. The molecule has 1 saturated carbocycles. The molecule has 1 aliphatic carbocycles. The normalized spacial score (nSPS) is 22.3. The van der Waals surface area contributed by atoms with E-state index in [0.29, 0.717) is 24.0 Å². The van der Waals surface area contributed by atoms with Crippen molar-refractivity contribution in [1.82, 2.24) is 15.2 Å². The van der Waals surface area contributed by atoms with E-state index >= 15 is 0 Å². The molecule has 3 aliphatic rings. The van der Waals surface area contributed by atoms with Crippen LogP contribution in [0.25, 0.3) is 12.2 Å². The minimum Gasteiger partial charge on any atom is -0.472 e. The van der Waals surface area contributed by atoms with Crippen LogP contribution in [0.4, 0.5) is 11.4 Å². The molecular formula is C37H41N5O5. The molecule has 6 rings (SSSR count). The van der Waals surface area contributed by atoms with Crippen molar-refractivity contribution in [2.75, 3.05) is 24.2 Å². The molecule has 3 heterocycles. The number of carbonyl (C=O) groups excluding carboxylic acids is 4. The molecule has 47 heavy (non-hydrogen) atoms. The number of benzene rings is 2. The standard InChI is InChI=1S/C37H41N5O5/c1-36(2,47-31-17-12-24(21-40-31)9-8-23-10-13-26(38-4)14-11-23)18-19-37(3)20-25(37)22-39-28-7-5-6-27-32(28)35(46)42(34(27)45)29-15-16-30(43)41-33(29)44/h5-14,17,21,25,29,38-39H,15-16,18-20,22H2,1-4H3,(H,41,43,44)/b9-8+. The van der Waals surface area contributed by atoms with Crippen LogP contribution < -0.4 is 20.7 Å². The number of aromatic nitrogens is 1. The minimum atomic E-state index is -0.984. The van der Waals surface area contributed by atoms with Gasteiger partial charge in [-0.3, -0.25) is 29.4 Å².